The summed E-state index contributed by atoms with van der Waals surface area (Å²) in [6.45, 7) is 3.01. The standard InChI is InChI=1S/C9H16N2O/c1-2-7-4-3-5-9(7)6-11-8(10)12-9/h7H,2-6H2,1H3,(H2,10,11). The maximum absolute atomic E-state index is 5.64. The number of aliphatic imine (C=N–C) groups is 1. The third-order valence-electron chi connectivity index (χ3n) is 3.20. The molecule has 0 amide bonds. The summed E-state index contributed by atoms with van der Waals surface area (Å²) >= 11 is 0. The van der Waals surface area contributed by atoms with Gasteiger partial charge in [0.05, 0.1) is 6.54 Å². The number of nitrogens with two attached hydrogens (primary N) is 1. The number of hydrogen-bond donors (Lipinski definition) is 1. The highest BCUT2D eigenvalue weighted by Gasteiger charge is 2.47. The molecule has 68 valence electrons. The molecule has 2 atom stereocenters. The van der Waals surface area contributed by atoms with Gasteiger partial charge in [-0.25, -0.2) is 4.99 Å². The van der Waals surface area contributed by atoms with Crippen LogP contribution < -0.4 is 5.73 Å². The van der Waals surface area contributed by atoms with Gasteiger partial charge in [0.25, 0.3) is 6.02 Å². The van der Waals surface area contributed by atoms with Crippen molar-refractivity contribution < 1.29 is 4.74 Å². The molecule has 0 bridgehead atoms. The Morgan fingerprint density at radius 1 is 1.75 bits per heavy atom. The zero-order valence-electron chi connectivity index (χ0n) is 7.55. The van der Waals surface area contributed by atoms with Crippen LogP contribution >= 0.6 is 0 Å². The molecule has 2 aliphatic rings. The summed E-state index contributed by atoms with van der Waals surface area (Å²) in [5.74, 6) is 0.669. The minimum absolute atomic E-state index is 0.00116. The zero-order chi connectivity index (χ0) is 8.60. The summed E-state index contributed by atoms with van der Waals surface area (Å²) < 4.78 is 5.64. The van der Waals surface area contributed by atoms with E-state index in [1.807, 2.05) is 0 Å². The number of rotatable bonds is 1. The second-order valence-corrected chi connectivity index (χ2v) is 3.82. The molecular formula is C9H16N2O. The molecule has 1 aliphatic carbocycles. The van der Waals surface area contributed by atoms with Crippen molar-refractivity contribution in [3.05, 3.63) is 0 Å². The summed E-state index contributed by atoms with van der Waals surface area (Å²) in [6.07, 6.45) is 4.86. The molecule has 1 fully saturated rings. The lowest BCUT2D eigenvalue weighted by Crippen LogP contribution is -2.38. The van der Waals surface area contributed by atoms with E-state index >= 15 is 0 Å². The van der Waals surface area contributed by atoms with E-state index in [1.165, 1.54) is 19.3 Å². The van der Waals surface area contributed by atoms with Crippen LogP contribution in [0.2, 0.25) is 0 Å². The predicted octanol–water partition coefficient (Wildman–Crippen LogP) is 1.28. The van der Waals surface area contributed by atoms with Crippen molar-refractivity contribution in [2.45, 2.75) is 38.2 Å². The van der Waals surface area contributed by atoms with Gasteiger partial charge in [-0.1, -0.05) is 6.92 Å². The molecule has 0 aromatic rings. The third kappa shape index (κ3) is 0.993. The molecule has 2 N–H and O–H groups in total. The first-order valence-corrected chi connectivity index (χ1v) is 4.76. The molecule has 1 aliphatic heterocycles. The first kappa shape index (κ1) is 7.90. The minimum Gasteiger partial charge on any atom is -0.457 e. The molecule has 0 aromatic heterocycles. The smallest absolute Gasteiger partial charge is 0.282 e. The van der Waals surface area contributed by atoms with E-state index in [1.54, 1.807) is 0 Å². The van der Waals surface area contributed by atoms with Crippen molar-refractivity contribution in [2.75, 3.05) is 6.54 Å². The molecule has 0 saturated heterocycles. The average molecular weight is 168 g/mol. The Kier molecular flexibility index (Phi) is 1.74. The van der Waals surface area contributed by atoms with E-state index < -0.39 is 0 Å². The third-order valence-corrected chi connectivity index (χ3v) is 3.20. The highest BCUT2D eigenvalue weighted by Crippen LogP contribution is 2.42. The van der Waals surface area contributed by atoms with Gasteiger partial charge in [0.2, 0.25) is 0 Å². The summed E-state index contributed by atoms with van der Waals surface area (Å²) in [7, 11) is 0. The number of amidine groups is 1. The fraction of sp³-hybridized carbons (Fsp3) is 0.889. The highest BCUT2D eigenvalue weighted by molar-refractivity contribution is 5.73. The summed E-state index contributed by atoms with van der Waals surface area (Å²) in [5.41, 5.74) is 5.53. The maximum atomic E-state index is 5.64. The first-order valence-electron chi connectivity index (χ1n) is 4.76. The Hall–Kier alpha value is -0.730. The van der Waals surface area contributed by atoms with Gasteiger partial charge >= 0.3 is 0 Å². The molecule has 0 aromatic carbocycles. The average Bonchev–Trinajstić information content (AvgIpc) is 2.60. The van der Waals surface area contributed by atoms with E-state index in [0.29, 0.717) is 11.9 Å². The van der Waals surface area contributed by atoms with E-state index in [-0.39, 0.29) is 5.60 Å². The van der Waals surface area contributed by atoms with Gasteiger partial charge in [-0.15, -0.1) is 0 Å². The Labute approximate surface area is 73.0 Å². The summed E-state index contributed by atoms with van der Waals surface area (Å²) in [4.78, 5) is 4.14. The van der Waals surface area contributed by atoms with Crippen LogP contribution in [0.4, 0.5) is 0 Å². The van der Waals surface area contributed by atoms with Crippen LogP contribution in [0.5, 0.6) is 0 Å². The second kappa shape index (κ2) is 2.64. The van der Waals surface area contributed by atoms with Crippen molar-refractivity contribution in [1.82, 2.24) is 0 Å². The van der Waals surface area contributed by atoms with Crippen molar-refractivity contribution in [1.29, 1.82) is 0 Å². The van der Waals surface area contributed by atoms with Crippen LogP contribution in [0.3, 0.4) is 0 Å². The minimum atomic E-state index is -0.00116. The number of hydrogen-bond acceptors (Lipinski definition) is 3. The normalized spacial score (nSPS) is 40.1. The van der Waals surface area contributed by atoms with Crippen LogP contribution in [0.15, 0.2) is 4.99 Å². The van der Waals surface area contributed by atoms with Crippen molar-refractivity contribution in [3.63, 3.8) is 0 Å². The summed E-state index contributed by atoms with van der Waals surface area (Å²) in [5, 5.41) is 0. The molecule has 1 saturated carbocycles. The van der Waals surface area contributed by atoms with Gasteiger partial charge in [-0.2, -0.15) is 0 Å². The topological polar surface area (TPSA) is 47.6 Å². The van der Waals surface area contributed by atoms with Gasteiger partial charge in [0, 0.05) is 5.92 Å². The van der Waals surface area contributed by atoms with Gasteiger partial charge < -0.3 is 10.5 Å². The van der Waals surface area contributed by atoms with Gasteiger partial charge in [-0.05, 0) is 25.7 Å². The first-order chi connectivity index (χ1) is 5.77. The lowest BCUT2D eigenvalue weighted by molar-refractivity contribution is 0.0433. The fourth-order valence-corrected chi connectivity index (χ4v) is 2.52. The second-order valence-electron chi connectivity index (χ2n) is 3.82. The quantitative estimate of drug-likeness (QED) is 0.641. The van der Waals surface area contributed by atoms with Crippen LogP contribution in [0, 0.1) is 5.92 Å². The monoisotopic (exact) mass is 168 g/mol. The molecule has 3 heteroatoms. The Balaban J connectivity index is 2.11. The summed E-state index contributed by atoms with van der Waals surface area (Å²) in [6, 6.07) is 0.398. The highest BCUT2D eigenvalue weighted by atomic mass is 16.5. The molecule has 12 heavy (non-hydrogen) atoms. The van der Waals surface area contributed by atoms with Crippen LogP contribution in [-0.4, -0.2) is 18.2 Å². The van der Waals surface area contributed by atoms with Gasteiger partial charge in [-0.3, -0.25) is 0 Å². The largest absolute Gasteiger partial charge is 0.457 e. The van der Waals surface area contributed by atoms with Gasteiger partial charge in [0.1, 0.15) is 5.60 Å². The maximum Gasteiger partial charge on any atom is 0.282 e. The van der Waals surface area contributed by atoms with Crippen molar-refractivity contribution in [2.24, 2.45) is 16.6 Å². The lowest BCUT2D eigenvalue weighted by atomic mass is 9.89. The number of ether oxygens (including phenoxy) is 1. The molecule has 2 rings (SSSR count). The van der Waals surface area contributed by atoms with Crippen LogP contribution in [-0.2, 0) is 4.74 Å². The molecular weight excluding hydrogens is 152 g/mol. The predicted molar refractivity (Wildman–Crippen MR) is 47.9 cm³/mol. The van der Waals surface area contributed by atoms with Gasteiger partial charge in [0.15, 0.2) is 0 Å². The molecule has 2 unspecified atom stereocenters. The van der Waals surface area contributed by atoms with E-state index in [2.05, 4.69) is 11.9 Å². The SMILES string of the molecule is CCC1CCCC12CN=C(N)O2. The van der Waals surface area contributed by atoms with E-state index in [0.717, 1.165) is 13.0 Å². The lowest BCUT2D eigenvalue weighted by Gasteiger charge is -2.28. The molecule has 0 radical (unpaired) electrons. The molecule has 1 heterocycles. The van der Waals surface area contributed by atoms with Crippen molar-refractivity contribution >= 4 is 6.02 Å². The Morgan fingerprint density at radius 3 is 3.17 bits per heavy atom. The van der Waals surface area contributed by atoms with Crippen molar-refractivity contribution in [3.8, 4) is 0 Å². The van der Waals surface area contributed by atoms with E-state index in [4.69, 9.17) is 10.5 Å². The van der Waals surface area contributed by atoms with Crippen LogP contribution in [0.1, 0.15) is 32.6 Å². The zero-order valence-corrected chi connectivity index (χ0v) is 7.55. The molecule has 3 nitrogen and oxygen atoms in total. The number of nitrogens with zero attached hydrogens (tertiary/aromatic N) is 1. The van der Waals surface area contributed by atoms with E-state index in [9.17, 15) is 0 Å². The fourth-order valence-electron chi connectivity index (χ4n) is 2.52. The Morgan fingerprint density at radius 2 is 2.58 bits per heavy atom. The Bertz CT molecular complexity index is 215. The molecule has 1 spiro atoms. The van der Waals surface area contributed by atoms with Crippen LogP contribution in [0.25, 0.3) is 0 Å².